The molecule has 1 amide bonds. The molecule has 2 rings (SSSR count). The number of ether oxygens (including phenoxy) is 1. The molecule has 0 aliphatic carbocycles. The Morgan fingerprint density at radius 3 is 3.11 bits per heavy atom. The molecular weight excluding hydrogens is 247 g/mol. The molecule has 2 N–H and O–H groups in total. The van der Waals surface area contributed by atoms with E-state index in [9.17, 15) is 9.18 Å². The van der Waals surface area contributed by atoms with E-state index in [1.807, 2.05) is 0 Å². The Bertz CT molecular complexity index is 476. The number of amides is 1. The van der Waals surface area contributed by atoms with Crippen LogP contribution >= 0.6 is 0 Å². The van der Waals surface area contributed by atoms with E-state index in [4.69, 9.17) is 4.74 Å². The lowest BCUT2D eigenvalue weighted by molar-refractivity contribution is -0.117. The van der Waals surface area contributed by atoms with Crippen molar-refractivity contribution in [2.45, 2.75) is 12.1 Å². The summed E-state index contributed by atoms with van der Waals surface area (Å²) in [5.41, 5.74) is 0.656. The van der Waals surface area contributed by atoms with E-state index < -0.39 is 0 Å². The van der Waals surface area contributed by atoms with Crippen LogP contribution in [-0.4, -0.2) is 38.3 Å². The van der Waals surface area contributed by atoms with Crippen molar-refractivity contribution in [1.82, 2.24) is 10.6 Å². The van der Waals surface area contributed by atoms with Gasteiger partial charge in [-0.25, -0.2) is 4.39 Å². The standard InChI is InChI=1S/C14H17FN2O2/c1-19-13-9-16-8-12(13)17-14(18)6-5-10-3-2-4-11(15)7-10/h2-7,12-13,16H,8-9H2,1H3,(H,17,18)/t12?,13-/m0/s1. The van der Waals surface area contributed by atoms with Crippen LogP contribution in [0.1, 0.15) is 5.56 Å². The molecule has 0 bridgehead atoms. The van der Waals surface area contributed by atoms with Gasteiger partial charge in [0.1, 0.15) is 5.82 Å². The van der Waals surface area contributed by atoms with Gasteiger partial charge in [0.05, 0.1) is 12.1 Å². The highest BCUT2D eigenvalue weighted by Gasteiger charge is 2.27. The molecule has 0 aromatic heterocycles. The Labute approximate surface area is 111 Å². The van der Waals surface area contributed by atoms with E-state index in [2.05, 4.69) is 10.6 Å². The van der Waals surface area contributed by atoms with Crippen LogP contribution < -0.4 is 10.6 Å². The first kappa shape index (κ1) is 13.7. The van der Waals surface area contributed by atoms with E-state index in [1.165, 1.54) is 18.2 Å². The van der Waals surface area contributed by atoms with Crippen molar-refractivity contribution in [1.29, 1.82) is 0 Å². The minimum Gasteiger partial charge on any atom is -0.378 e. The van der Waals surface area contributed by atoms with Crippen LogP contribution in [0.2, 0.25) is 0 Å². The fraction of sp³-hybridized carbons (Fsp3) is 0.357. The largest absolute Gasteiger partial charge is 0.378 e. The molecule has 1 aromatic rings. The Morgan fingerprint density at radius 1 is 1.53 bits per heavy atom. The normalized spacial score (nSPS) is 22.8. The van der Waals surface area contributed by atoms with Gasteiger partial charge >= 0.3 is 0 Å². The molecule has 1 heterocycles. The first-order chi connectivity index (χ1) is 9.19. The van der Waals surface area contributed by atoms with Gasteiger partial charge in [0.2, 0.25) is 5.91 Å². The maximum Gasteiger partial charge on any atom is 0.244 e. The van der Waals surface area contributed by atoms with Gasteiger partial charge in [-0.15, -0.1) is 0 Å². The van der Waals surface area contributed by atoms with E-state index in [1.54, 1.807) is 25.3 Å². The number of nitrogens with one attached hydrogen (secondary N) is 2. The summed E-state index contributed by atoms with van der Waals surface area (Å²) in [6.45, 7) is 1.42. The molecule has 0 radical (unpaired) electrons. The van der Waals surface area contributed by atoms with Crippen molar-refractivity contribution in [3.8, 4) is 0 Å². The van der Waals surface area contributed by atoms with Crippen molar-refractivity contribution in [3.05, 3.63) is 41.7 Å². The summed E-state index contributed by atoms with van der Waals surface area (Å²) in [6, 6.07) is 6.05. The number of methoxy groups -OCH3 is 1. The van der Waals surface area contributed by atoms with E-state index in [0.29, 0.717) is 12.1 Å². The molecule has 1 fully saturated rings. The van der Waals surface area contributed by atoms with E-state index in [-0.39, 0.29) is 23.9 Å². The molecule has 1 aliphatic heterocycles. The average molecular weight is 264 g/mol. The lowest BCUT2D eigenvalue weighted by atomic mass is 10.2. The average Bonchev–Trinajstić information content (AvgIpc) is 2.84. The van der Waals surface area contributed by atoms with Gasteiger partial charge in [0, 0.05) is 26.3 Å². The zero-order valence-corrected chi connectivity index (χ0v) is 10.7. The molecule has 1 aliphatic rings. The van der Waals surface area contributed by atoms with Gasteiger partial charge in [-0.05, 0) is 23.8 Å². The molecular formula is C14H17FN2O2. The zero-order valence-electron chi connectivity index (χ0n) is 10.7. The van der Waals surface area contributed by atoms with Crippen LogP contribution in [0.25, 0.3) is 6.08 Å². The van der Waals surface area contributed by atoms with Gasteiger partial charge in [-0.1, -0.05) is 12.1 Å². The molecule has 5 heteroatoms. The van der Waals surface area contributed by atoms with Crippen molar-refractivity contribution in [3.63, 3.8) is 0 Å². The second kappa shape index (κ2) is 6.45. The minimum absolute atomic E-state index is 0.00785. The van der Waals surface area contributed by atoms with Gasteiger partial charge in [0.15, 0.2) is 0 Å². The second-order valence-corrected chi connectivity index (χ2v) is 4.44. The summed E-state index contributed by atoms with van der Waals surface area (Å²) in [4.78, 5) is 11.7. The molecule has 102 valence electrons. The first-order valence-corrected chi connectivity index (χ1v) is 6.16. The molecule has 4 nitrogen and oxygen atoms in total. The Balaban J connectivity index is 1.90. The Kier molecular flexibility index (Phi) is 4.65. The maximum atomic E-state index is 13.0. The van der Waals surface area contributed by atoms with E-state index >= 15 is 0 Å². The minimum atomic E-state index is -0.318. The Hall–Kier alpha value is -1.72. The predicted octanol–water partition coefficient (Wildman–Crippen LogP) is 0.942. The lowest BCUT2D eigenvalue weighted by Gasteiger charge is -2.17. The topological polar surface area (TPSA) is 50.4 Å². The molecule has 1 saturated heterocycles. The lowest BCUT2D eigenvalue weighted by Crippen LogP contribution is -2.42. The zero-order chi connectivity index (χ0) is 13.7. The van der Waals surface area contributed by atoms with E-state index in [0.717, 1.165) is 6.54 Å². The highest BCUT2D eigenvalue weighted by Crippen LogP contribution is 2.06. The molecule has 0 spiro atoms. The SMILES string of the molecule is CO[C@H]1CNCC1NC(=O)C=Cc1cccc(F)c1. The van der Waals surface area contributed by atoms with Crippen LogP contribution in [0.3, 0.4) is 0 Å². The van der Waals surface area contributed by atoms with Gasteiger partial charge in [0.25, 0.3) is 0 Å². The fourth-order valence-electron chi connectivity index (χ4n) is 2.06. The fourth-order valence-corrected chi connectivity index (χ4v) is 2.06. The van der Waals surface area contributed by atoms with Crippen LogP contribution in [0.4, 0.5) is 4.39 Å². The molecule has 1 aromatic carbocycles. The van der Waals surface area contributed by atoms with Crippen molar-refractivity contribution >= 4 is 12.0 Å². The van der Waals surface area contributed by atoms with Crippen LogP contribution in [-0.2, 0) is 9.53 Å². The van der Waals surface area contributed by atoms with Crippen molar-refractivity contribution in [2.24, 2.45) is 0 Å². The monoisotopic (exact) mass is 264 g/mol. The number of rotatable bonds is 4. The molecule has 2 atom stereocenters. The highest BCUT2D eigenvalue weighted by atomic mass is 19.1. The molecule has 0 saturated carbocycles. The van der Waals surface area contributed by atoms with Crippen LogP contribution in [0.15, 0.2) is 30.3 Å². The second-order valence-electron chi connectivity index (χ2n) is 4.44. The number of halogens is 1. The quantitative estimate of drug-likeness (QED) is 0.796. The van der Waals surface area contributed by atoms with Gasteiger partial charge < -0.3 is 15.4 Å². The summed E-state index contributed by atoms with van der Waals surface area (Å²) < 4.78 is 18.2. The summed E-state index contributed by atoms with van der Waals surface area (Å²) in [5, 5.41) is 6.00. The molecule has 19 heavy (non-hydrogen) atoms. The summed E-state index contributed by atoms with van der Waals surface area (Å²) in [6.07, 6.45) is 2.98. The third kappa shape index (κ3) is 3.87. The predicted molar refractivity (Wildman–Crippen MR) is 71.0 cm³/mol. The number of carbonyl (C=O) groups is 1. The highest BCUT2D eigenvalue weighted by molar-refractivity contribution is 5.92. The first-order valence-electron chi connectivity index (χ1n) is 6.16. The van der Waals surface area contributed by atoms with Crippen molar-refractivity contribution in [2.75, 3.05) is 20.2 Å². The number of benzene rings is 1. The number of carbonyl (C=O) groups excluding carboxylic acids is 1. The third-order valence-corrected chi connectivity index (χ3v) is 3.06. The van der Waals surface area contributed by atoms with Crippen LogP contribution in [0, 0.1) is 5.82 Å². The number of hydrogen-bond donors (Lipinski definition) is 2. The summed E-state index contributed by atoms with van der Waals surface area (Å²) >= 11 is 0. The van der Waals surface area contributed by atoms with Crippen LogP contribution in [0.5, 0.6) is 0 Å². The smallest absolute Gasteiger partial charge is 0.244 e. The summed E-state index contributed by atoms with van der Waals surface area (Å²) in [7, 11) is 1.62. The number of hydrogen-bond acceptors (Lipinski definition) is 3. The summed E-state index contributed by atoms with van der Waals surface area (Å²) in [5.74, 6) is -0.526. The van der Waals surface area contributed by atoms with Gasteiger partial charge in [-0.3, -0.25) is 4.79 Å². The Morgan fingerprint density at radius 2 is 2.37 bits per heavy atom. The maximum absolute atomic E-state index is 13.0. The van der Waals surface area contributed by atoms with Crippen molar-refractivity contribution < 1.29 is 13.9 Å². The van der Waals surface area contributed by atoms with Gasteiger partial charge in [-0.2, -0.15) is 0 Å². The molecule has 1 unspecified atom stereocenters. The third-order valence-electron chi connectivity index (χ3n) is 3.06.